The summed E-state index contributed by atoms with van der Waals surface area (Å²) in [5.74, 6) is 1.01. The van der Waals surface area contributed by atoms with E-state index >= 15 is 0 Å². The topological polar surface area (TPSA) is 83.0 Å². The van der Waals surface area contributed by atoms with E-state index in [9.17, 15) is 9.59 Å². The standard InChI is InChI=1S/C28H22Cl2N2O5S/c1-4-36-27(34)24-15(2)31-28-32(26(33)23(38-28)13-16-6-5-7-18(12-16)35-3)25(24)22-11-10-21(37-22)17-8-9-19(29)20(30)14-17/h5-14,25H,4H2,1-3H3/b23-13-/t25-/m0/s1. The minimum absolute atomic E-state index is 0.176. The van der Waals surface area contributed by atoms with E-state index in [0.717, 1.165) is 5.56 Å². The van der Waals surface area contributed by atoms with Crippen molar-refractivity contribution in [3.63, 3.8) is 0 Å². The average molecular weight is 569 g/mol. The Hall–Kier alpha value is -3.59. The number of nitrogens with zero attached hydrogens (tertiary/aromatic N) is 2. The maximum atomic E-state index is 13.8. The summed E-state index contributed by atoms with van der Waals surface area (Å²) in [4.78, 5) is 31.9. The Morgan fingerprint density at radius 1 is 1.16 bits per heavy atom. The first-order valence-electron chi connectivity index (χ1n) is 11.7. The molecule has 10 heteroatoms. The summed E-state index contributed by atoms with van der Waals surface area (Å²) >= 11 is 13.5. The molecule has 0 radical (unpaired) electrons. The highest BCUT2D eigenvalue weighted by atomic mass is 35.5. The van der Waals surface area contributed by atoms with Gasteiger partial charge in [0.25, 0.3) is 5.56 Å². The molecule has 7 nitrogen and oxygen atoms in total. The number of hydrogen-bond donors (Lipinski definition) is 0. The molecule has 1 atom stereocenters. The molecule has 1 aliphatic heterocycles. The third kappa shape index (κ3) is 4.82. The zero-order chi connectivity index (χ0) is 27.0. The van der Waals surface area contributed by atoms with Gasteiger partial charge in [-0.25, -0.2) is 9.79 Å². The molecule has 2 aromatic heterocycles. The number of furan rings is 1. The molecule has 2 aromatic carbocycles. The van der Waals surface area contributed by atoms with E-state index in [2.05, 4.69) is 4.99 Å². The fourth-order valence-electron chi connectivity index (χ4n) is 4.25. The van der Waals surface area contributed by atoms with Crippen LogP contribution < -0.4 is 19.6 Å². The van der Waals surface area contributed by atoms with Crippen LogP contribution in [0.25, 0.3) is 17.4 Å². The number of allylic oxidation sites excluding steroid dienone is 1. The van der Waals surface area contributed by atoms with Crippen molar-refractivity contribution in [2.24, 2.45) is 4.99 Å². The molecule has 0 saturated heterocycles. The number of methoxy groups -OCH3 is 1. The Morgan fingerprint density at radius 3 is 2.71 bits per heavy atom. The second-order valence-corrected chi connectivity index (χ2v) is 10.2. The number of thiazole rings is 1. The number of ether oxygens (including phenoxy) is 2. The van der Waals surface area contributed by atoms with E-state index in [0.29, 0.717) is 47.9 Å². The number of esters is 1. The van der Waals surface area contributed by atoms with E-state index < -0.39 is 12.0 Å². The molecule has 3 heterocycles. The van der Waals surface area contributed by atoms with Gasteiger partial charge < -0.3 is 13.9 Å². The molecule has 1 aliphatic rings. The van der Waals surface area contributed by atoms with Crippen molar-refractivity contribution in [2.45, 2.75) is 19.9 Å². The van der Waals surface area contributed by atoms with Crippen LogP contribution in [0.15, 0.2) is 80.1 Å². The van der Waals surface area contributed by atoms with Gasteiger partial charge in [-0.2, -0.15) is 0 Å². The highest BCUT2D eigenvalue weighted by Crippen LogP contribution is 2.35. The van der Waals surface area contributed by atoms with Crippen LogP contribution in [0.4, 0.5) is 0 Å². The first kappa shape index (κ1) is 26.0. The lowest BCUT2D eigenvalue weighted by molar-refractivity contribution is -0.139. The third-order valence-electron chi connectivity index (χ3n) is 6.01. The van der Waals surface area contributed by atoms with Crippen LogP contribution in [-0.2, 0) is 9.53 Å². The zero-order valence-electron chi connectivity index (χ0n) is 20.7. The zero-order valence-corrected chi connectivity index (χ0v) is 23.0. The van der Waals surface area contributed by atoms with E-state index in [-0.39, 0.29) is 17.7 Å². The summed E-state index contributed by atoms with van der Waals surface area (Å²) in [5, 5.41) is 0.809. The summed E-state index contributed by atoms with van der Waals surface area (Å²) in [5.41, 5.74) is 1.89. The molecule has 0 spiro atoms. The first-order valence-corrected chi connectivity index (χ1v) is 13.3. The monoisotopic (exact) mass is 568 g/mol. The van der Waals surface area contributed by atoms with Crippen LogP contribution >= 0.6 is 34.5 Å². The van der Waals surface area contributed by atoms with Gasteiger partial charge in [-0.05, 0) is 68.0 Å². The summed E-state index contributed by atoms with van der Waals surface area (Å²) in [7, 11) is 1.59. The molecule has 0 aliphatic carbocycles. The normalized spacial score (nSPS) is 15.3. The highest BCUT2D eigenvalue weighted by Gasteiger charge is 2.35. The number of carbonyl (C=O) groups is 1. The molecular weight excluding hydrogens is 547 g/mol. The van der Waals surface area contributed by atoms with Gasteiger partial charge in [0.15, 0.2) is 4.80 Å². The third-order valence-corrected chi connectivity index (χ3v) is 7.73. The molecule has 0 N–H and O–H groups in total. The molecule has 38 heavy (non-hydrogen) atoms. The molecule has 0 bridgehead atoms. The summed E-state index contributed by atoms with van der Waals surface area (Å²) in [6, 6.07) is 15.2. The van der Waals surface area contributed by atoms with Crippen LogP contribution in [0.5, 0.6) is 5.75 Å². The van der Waals surface area contributed by atoms with Gasteiger partial charge in [0.1, 0.15) is 23.3 Å². The van der Waals surface area contributed by atoms with E-state index in [1.165, 1.54) is 15.9 Å². The number of carbonyl (C=O) groups excluding carboxylic acids is 1. The van der Waals surface area contributed by atoms with Gasteiger partial charge in [-0.15, -0.1) is 0 Å². The van der Waals surface area contributed by atoms with E-state index in [4.69, 9.17) is 37.1 Å². The Kier molecular flexibility index (Phi) is 7.29. The van der Waals surface area contributed by atoms with E-state index in [1.54, 1.807) is 57.4 Å². The van der Waals surface area contributed by atoms with E-state index in [1.807, 2.05) is 24.3 Å². The second-order valence-electron chi connectivity index (χ2n) is 8.41. The molecule has 0 saturated carbocycles. The second kappa shape index (κ2) is 10.6. The molecule has 0 fully saturated rings. The Labute approximate surface area is 231 Å². The Balaban J connectivity index is 1.68. The average Bonchev–Trinajstić information content (AvgIpc) is 3.50. The number of benzene rings is 2. The first-order chi connectivity index (χ1) is 18.3. The smallest absolute Gasteiger partial charge is 0.338 e. The van der Waals surface area contributed by atoms with Crippen LogP contribution in [0.3, 0.4) is 0 Å². The number of halogens is 2. The van der Waals surface area contributed by atoms with Gasteiger partial charge in [0, 0.05) is 5.56 Å². The number of hydrogen-bond acceptors (Lipinski definition) is 7. The van der Waals surface area contributed by atoms with Gasteiger partial charge in [-0.1, -0.05) is 46.7 Å². The summed E-state index contributed by atoms with van der Waals surface area (Å²) in [6.45, 7) is 3.62. The largest absolute Gasteiger partial charge is 0.497 e. The van der Waals surface area contributed by atoms with Crippen molar-refractivity contribution in [3.05, 3.63) is 107 Å². The summed E-state index contributed by atoms with van der Waals surface area (Å²) < 4.78 is 18.8. The van der Waals surface area contributed by atoms with Crippen LogP contribution in [0.2, 0.25) is 10.0 Å². The molecular formula is C28H22Cl2N2O5S. The Morgan fingerprint density at radius 2 is 1.97 bits per heavy atom. The fourth-order valence-corrected chi connectivity index (χ4v) is 5.59. The van der Waals surface area contributed by atoms with Gasteiger partial charge in [0.05, 0.1) is 39.6 Å². The number of fused-ring (bicyclic) bond motifs is 1. The van der Waals surface area contributed by atoms with Crippen molar-refractivity contribution in [2.75, 3.05) is 13.7 Å². The Bertz CT molecular complexity index is 1770. The maximum Gasteiger partial charge on any atom is 0.338 e. The van der Waals surface area contributed by atoms with Crippen LogP contribution in [0.1, 0.15) is 31.2 Å². The molecule has 5 rings (SSSR count). The fraction of sp³-hybridized carbons (Fsp3) is 0.179. The summed E-state index contributed by atoms with van der Waals surface area (Å²) in [6.07, 6.45) is 1.77. The lowest BCUT2D eigenvalue weighted by Crippen LogP contribution is -2.39. The molecule has 0 amide bonds. The van der Waals surface area contributed by atoms with Crippen molar-refractivity contribution >= 4 is 46.6 Å². The minimum atomic E-state index is -0.866. The number of rotatable bonds is 6. The lowest BCUT2D eigenvalue weighted by atomic mass is 10.0. The van der Waals surface area contributed by atoms with Crippen LogP contribution in [-0.4, -0.2) is 24.3 Å². The lowest BCUT2D eigenvalue weighted by Gasteiger charge is -2.22. The molecule has 4 aromatic rings. The predicted octanol–water partition coefficient (Wildman–Crippen LogP) is 5.37. The van der Waals surface area contributed by atoms with Gasteiger partial charge in [-0.3, -0.25) is 9.36 Å². The number of aromatic nitrogens is 1. The maximum absolute atomic E-state index is 13.8. The SMILES string of the molecule is CCOC(=O)C1=C(C)N=c2s/c(=C\c3cccc(OC)c3)c(=O)n2[C@H]1c1ccc(-c2ccc(Cl)c(Cl)c2)o1. The van der Waals surface area contributed by atoms with Crippen LogP contribution in [0, 0.1) is 0 Å². The quantitative estimate of drug-likeness (QED) is 0.292. The molecule has 194 valence electrons. The minimum Gasteiger partial charge on any atom is -0.497 e. The highest BCUT2D eigenvalue weighted by molar-refractivity contribution is 7.07. The van der Waals surface area contributed by atoms with Crippen molar-refractivity contribution < 1.29 is 18.7 Å². The predicted molar refractivity (Wildman–Crippen MR) is 148 cm³/mol. The molecule has 0 unspecified atom stereocenters. The van der Waals surface area contributed by atoms with Crippen molar-refractivity contribution in [3.8, 4) is 17.1 Å². The van der Waals surface area contributed by atoms with Gasteiger partial charge in [0.2, 0.25) is 0 Å². The van der Waals surface area contributed by atoms with Gasteiger partial charge >= 0.3 is 5.97 Å². The van der Waals surface area contributed by atoms with Crippen molar-refractivity contribution in [1.82, 2.24) is 4.57 Å². The van der Waals surface area contributed by atoms with Crippen molar-refractivity contribution in [1.29, 1.82) is 0 Å².